The molecule has 1 N–H and O–H groups in total. The van der Waals surface area contributed by atoms with Gasteiger partial charge in [-0.3, -0.25) is 4.68 Å². The molecular formula is C16H23N3O. The van der Waals surface area contributed by atoms with Crippen molar-refractivity contribution in [3.63, 3.8) is 0 Å². The van der Waals surface area contributed by atoms with E-state index in [0.717, 1.165) is 17.9 Å². The van der Waals surface area contributed by atoms with Gasteiger partial charge in [0.2, 0.25) is 0 Å². The van der Waals surface area contributed by atoms with Gasteiger partial charge in [0.1, 0.15) is 5.75 Å². The van der Waals surface area contributed by atoms with E-state index in [1.54, 1.807) is 0 Å². The highest BCUT2D eigenvalue weighted by Gasteiger charge is 2.18. The van der Waals surface area contributed by atoms with E-state index in [1.807, 2.05) is 37.8 Å². The monoisotopic (exact) mass is 273 g/mol. The predicted molar refractivity (Wildman–Crippen MR) is 81.1 cm³/mol. The molecule has 0 spiro atoms. The van der Waals surface area contributed by atoms with Gasteiger partial charge in [-0.05, 0) is 38.1 Å². The zero-order chi connectivity index (χ0) is 14.5. The summed E-state index contributed by atoms with van der Waals surface area (Å²) in [6.45, 7) is 4.81. The minimum atomic E-state index is 0.138. The number of aromatic nitrogens is 2. The molecule has 108 valence electrons. The topological polar surface area (TPSA) is 39.1 Å². The Hall–Kier alpha value is -1.81. The molecule has 1 aromatic heterocycles. The summed E-state index contributed by atoms with van der Waals surface area (Å²) >= 11 is 0. The third kappa shape index (κ3) is 3.02. The largest absolute Gasteiger partial charge is 0.494 e. The number of ether oxygens (including phenoxy) is 1. The molecule has 0 bridgehead atoms. The Morgan fingerprint density at radius 3 is 2.80 bits per heavy atom. The molecule has 0 saturated carbocycles. The molecule has 4 nitrogen and oxygen atoms in total. The highest BCUT2D eigenvalue weighted by atomic mass is 16.5. The van der Waals surface area contributed by atoms with Crippen LogP contribution in [0.2, 0.25) is 0 Å². The summed E-state index contributed by atoms with van der Waals surface area (Å²) in [4.78, 5) is 0. The van der Waals surface area contributed by atoms with Gasteiger partial charge < -0.3 is 10.1 Å². The van der Waals surface area contributed by atoms with Crippen LogP contribution in [-0.4, -0.2) is 23.4 Å². The van der Waals surface area contributed by atoms with Gasteiger partial charge in [0.05, 0.1) is 18.3 Å². The van der Waals surface area contributed by atoms with Crippen LogP contribution >= 0.6 is 0 Å². The molecule has 0 radical (unpaired) electrons. The van der Waals surface area contributed by atoms with E-state index in [1.165, 1.54) is 11.1 Å². The number of hydrogen-bond donors (Lipinski definition) is 1. The van der Waals surface area contributed by atoms with Crippen LogP contribution < -0.4 is 10.1 Å². The van der Waals surface area contributed by atoms with E-state index in [0.29, 0.717) is 6.61 Å². The zero-order valence-electron chi connectivity index (χ0n) is 12.7. The molecule has 0 aliphatic heterocycles. The summed E-state index contributed by atoms with van der Waals surface area (Å²) in [5.41, 5.74) is 3.56. The second kappa shape index (κ2) is 6.57. The lowest BCUT2D eigenvalue weighted by Crippen LogP contribution is -2.18. The molecular weight excluding hydrogens is 250 g/mol. The van der Waals surface area contributed by atoms with Crippen LogP contribution in [0.3, 0.4) is 0 Å². The van der Waals surface area contributed by atoms with E-state index in [4.69, 9.17) is 4.74 Å². The Kier molecular flexibility index (Phi) is 4.79. The maximum atomic E-state index is 5.59. The highest BCUT2D eigenvalue weighted by Crippen LogP contribution is 2.27. The number of rotatable bonds is 6. The average Bonchev–Trinajstić information content (AvgIpc) is 2.82. The fourth-order valence-corrected chi connectivity index (χ4v) is 2.52. The fraction of sp³-hybridized carbons (Fsp3) is 0.438. The number of benzene rings is 1. The third-order valence-corrected chi connectivity index (χ3v) is 3.37. The molecule has 20 heavy (non-hydrogen) atoms. The van der Waals surface area contributed by atoms with Crippen molar-refractivity contribution < 1.29 is 4.74 Å². The maximum absolute atomic E-state index is 5.59. The van der Waals surface area contributed by atoms with Crippen LogP contribution in [0.25, 0.3) is 0 Å². The Labute approximate surface area is 120 Å². The molecule has 1 aromatic carbocycles. The average molecular weight is 273 g/mol. The summed E-state index contributed by atoms with van der Waals surface area (Å²) < 4.78 is 7.47. The minimum absolute atomic E-state index is 0.138. The van der Waals surface area contributed by atoms with E-state index < -0.39 is 0 Å². The highest BCUT2D eigenvalue weighted by molar-refractivity contribution is 5.37. The molecule has 2 rings (SSSR count). The molecule has 1 atom stereocenters. The quantitative estimate of drug-likeness (QED) is 0.879. The first-order valence-electron chi connectivity index (χ1n) is 7.12. The van der Waals surface area contributed by atoms with Gasteiger partial charge in [-0.25, -0.2) is 0 Å². The maximum Gasteiger partial charge on any atom is 0.119 e. The van der Waals surface area contributed by atoms with Crippen LogP contribution in [0, 0.1) is 0 Å². The first-order chi connectivity index (χ1) is 9.69. The lowest BCUT2D eigenvalue weighted by Gasteiger charge is -2.17. The number of aryl methyl sites for hydroxylation is 2. The Balaban J connectivity index is 2.38. The van der Waals surface area contributed by atoms with Gasteiger partial charge in [-0.2, -0.15) is 5.10 Å². The Morgan fingerprint density at radius 2 is 2.15 bits per heavy atom. The van der Waals surface area contributed by atoms with Gasteiger partial charge in [0.25, 0.3) is 0 Å². The molecule has 0 amide bonds. The van der Waals surface area contributed by atoms with Crippen molar-refractivity contribution >= 4 is 0 Å². The second-order valence-electron chi connectivity index (χ2n) is 4.79. The molecule has 4 heteroatoms. The molecule has 0 aliphatic rings. The van der Waals surface area contributed by atoms with E-state index in [-0.39, 0.29) is 6.04 Å². The van der Waals surface area contributed by atoms with Crippen molar-refractivity contribution in [1.29, 1.82) is 0 Å². The SMILES string of the molecule is CCOc1cccc(C(NC)c2cn(C)nc2CC)c1. The van der Waals surface area contributed by atoms with Crippen molar-refractivity contribution in [2.45, 2.75) is 26.3 Å². The summed E-state index contributed by atoms with van der Waals surface area (Å²) in [5, 5.41) is 7.91. The zero-order valence-corrected chi connectivity index (χ0v) is 12.7. The fourth-order valence-electron chi connectivity index (χ4n) is 2.52. The van der Waals surface area contributed by atoms with Crippen LogP contribution in [0.4, 0.5) is 0 Å². The summed E-state index contributed by atoms with van der Waals surface area (Å²) in [7, 11) is 3.94. The predicted octanol–water partition coefficient (Wildman–Crippen LogP) is 2.69. The van der Waals surface area contributed by atoms with Gasteiger partial charge in [0, 0.05) is 18.8 Å². The van der Waals surface area contributed by atoms with Crippen molar-refractivity contribution in [2.75, 3.05) is 13.7 Å². The first-order valence-corrected chi connectivity index (χ1v) is 7.12. The van der Waals surface area contributed by atoms with Crippen molar-refractivity contribution in [2.24, 2.45) is 7.05 Å². The normalized spacial score (nSPS) is 12.4. The van der Waals surface area contributed by atoms with E-state index in [9.17, 15) is 0 Å². The number of nitrogens with zero attached hydrogens (tertiary/aromatic N) is 2. The van der Waals surface area contributed by atoms with Crippen LogP contribution in [0.5, 0.6) is 5.75 Å². The minimum Gasteiger partial charge on any atom is -0.494 e. The van der Waals surface area contributed by atoms with Gasteiger partial charge in [-0.15, -0.1) is 0 Å². The second-order valence-corrected chi connectivity index (χ2v) is 4.79. The number of hydrogen-bond acceptors (Lipinski definition) is 3. The lowest BCUT2D eigenvalue weighted by atomic mass is 9.98. The van der Waals surface area contributed by atoms with E-state index in [2.05, 4.69) is 35.7 Å². The van der Waals surface area contributed by atoms with Crippen molar-refractivity contribution in [1.82, 2.24) is 15.1 Å². The Morgan fingerprint density at radius 1 is 1.35 bits per heavy atom. The third-order valence-electron chi connectivity index (χ3n) is 3.37. The van der Waals surface area contributed by atoms with Gasteiger partial charge in [-0.1, -0.05) is 19.1 Å². The smallest absolute Gasteiger partial charge is 0.119 e. The van der Waals surface area contributed by atoms with Crippen LogP contribution in [0.15, 0.2) is 30.5 Å². The number of nitrogens with one attached hydrogen (secondary N) is 1. The van der Waals surface area contributed by atoms with Gasteiger partial charge >= 0.3 is 0 Å². The molecule has 0 saturated heterocycles. The summed E-state index contributed by atoms with van der Waals surface area (Å²) in [6, 6.07) is 8.38. The van der Waals surface area contributed by atoms with Crippen LogP contribution in [0.1, 0.15) is 36.7 Å². The molecule has 0 fully saturated rings. The summed E-state index contributed by atoms with van der Waals surface area (Å²) in [6.07, 6.45) is 3.02. The van der Waals surface area contributed by atoms with Gasteiger partial charge in [0.15, 0.2) is 0 Å². The standard InChI is InChI=1S/C16H23N3O/c1-5-15-14(11-19(4)18-15)16(17-3)12-8-7-9-13(10-12)20-6-2/h7-11,16-17H,5-6H2,1-4H3. The molecule has 2 aromatic rings. The molecule has 0 aliphatic carbocycles. The molecule has 1 heterocycles. The lowest BCUT2D eigenvalue weighted by molar-refractivity contribution is 0.339. The Bertz CT molecular complexity index is 563. The molecule has 1 unspecified atom stereocenters. The van der Waals surface area contributed by atoms with E-state index >= 15 is 0 Å². The van der Waals surface area contributed by atoms with Crippen LogP contribution in [-0.2, 0) is 13.5 Å². The van der Waals surface area contributed by atoms with Crippen molar-refractivity contribution in [3.8, 4) is 5.75 Å². The van der Waals surface area contributed by atoms with Crippen molar-refractivity contribution in [3.05, 3.63) is 47.3 Å². The summed E-state index contributed by atoms with van der Waals surface area (Å²) in [5.74, 6) is 0.909. The first kappa shape index (κ1) is 14.6.